The largest absolute Gasteiger partial charge is 0.354 e. The smallest absolute Gasteiger partial charge is 0.320 e. The van der Waals surface area contributed by atoms with Crippen LogP contribution >= 0.6 is 0 Å². The Labute approximate surface area is 64.1 Å². The highest BCUT2D eigenvalue weighted by Crippen LogP contribution is 1.84. The highest BCUT2D eigenvalue weighted by molar-refractivity contribution is 5.17. The van der Waals surface area contributed by atoms with Crippen LogP contribution in [0.15, 0.2) is 4.79 Å². The Hall–Kier alpha value is -1.39. The van der Waals surface area contributed by atoms with Crippen LogP contribution in [-0.4, -0.2) is 17.1 Å². The van der Waals surface area contributed by atoms with Crippen molar-refractivity contribution >= 4 is 5.95 Å². The van der Waals surface area contributed by atoms with Crippen molar-refractivity contribution in [2.75, 3.05) is 12.4 Å². The van der Waals surface area contributed by atoms with Crippen LogP contribution < -0.4 is 15.6 Å². The van der Waals surface area contributed by atoms with Crippen molar-refractivity contribution in [3.05, 3.63) is 16.0 Å². The Bertz CT molecular complexity index is 317. The van der Waals surface area contributed by atoms with Crippen LogP contribution in [0.3, 0.4) is 0 Å². The third-order valence-electron chi connectivity index (χ3n) is 1.53. The Kier molecular flexibility index (Phi) is 1.89. The fraction of sp³-hybridized carbons (Fsp3) is 0.500. The first kappa shape index (κ1) is 7.71. The van der Waals surface area contributed by atoms with Gasteiger partial charge in [0.1, 0.15) is 0 Å². The van der Waals surface area contributed by atoms with Gasteiger partial charge < -0.3 is 5.32 Å². The maximum absolute atomic E-state index is 11.1. The number of hydrogen-bond donors (Lipinski definition) is 2. The monoisotopic (exact) mass is 155 g/mol. The molecule has 1 aromatic rings. The third kappa shape index (κ3) is 1.36. The molecule has 0 aliphatic heterocycles. The zero-order valence-corrected chi connectivity index (χ0v) is 6.80. The quantitative estimate of drug-likeness (QED) is 0.508. The summed E-state index contributed by atoms with van der Waals surface area (Å²) in [6, 6.07) is 0. The number of nitrogens with one attached hydrogen (secondary N) is 2. The van der Waals surface area contributed by atoms with E-state index in [9.17, 15) is 4.79 Å². The second-order valence-corrected chi connectivity index (χ2v) is 2.26. The molecule has 0 radical (unpaired) electrons. The lowest BCUT2D eigenvalue weighted by Crippen LogP contribution is -2.43. The van der Waals surface area contributed by atoms with Crippen LogP contribution in [0.1, 0.15) is 5.69 Å². The maximum atomic E-state index is 11.1. The van der Waals surface area contributed by atoms with Gasteiger partial charge in [-0.1, -0.05) is 4.68 Å². The molecule has 5 nitrogen and oxygen atoms in total. The predicted octanol–water partition coefficient (Wildman–Crippen LogP) is -1.06. The van der Waals surface area contributed by atoms with E-state index in [2.05, 4.69) is 15.4 Å². The SMILES string of the molecule is CNc1n[n+](C)c(C)c(=O)[nH]1. The van der Waals surface area contributed by atoms with Gasteiger partial charge in [-0.3, -0.25) is 9.78 Å². The number of hydrogen-bond acceptors (Lipinski definition) is 3. The molecule has 11 heavy (non-hydrogen) atoms. The van der Waals surface area contributed by atoms with Gasteiger partial charge in [-0.25, -0.2) is 0 Å². The lowest BCUT2D eigenvalue weighted by atomic mass is 10.5. The number of aromatic nitrogens is 3. The Morgan fingerprint density at radius 2 is 2.27 bits per heavy atom. The van der Waals surface area contributed by atoms with Gasteiger partial charge in [0.2, 0.25) is 0 Å². The number of anilines is 1. The molecule has 0 aliphatic rings. The molecule has 1 rings (SSSR count). The summed E-state index contributed by atoms with van der Waals surface area (Å²) in [6.45, 7) is 1.71. The van der Waals surface area contributed by atoms with E-state index in [-0.39, 0.29) is 5.56 Å². The Morgan fingerprint density at radius 1 is 1.64 bits per heavy atom. The van der Waals surface area contributed by atoms with Crippen LogP contribution in [-0.2, 0) is 7.05 Å². The summed E-state index contributed by atoms with van der Waals surface area (Å²) in [4.78, 5) is 13.6. The molecular formula is C6H11N4O+. The maximum Gasteiger partial charge on any atom is 0.320 e. The zero-order valence-electron chi connectivity index (χ0n) is 6.80. The van der Waals surface area contributed by atoms with Gasteiger partial charge >= 0.3 is 5.56 Å². The molecule has 0 saturated heterocycles. The normalized spacial score (nSPS) is 9.73. The van der Waals surface area contributed by atoms with E-state index >= 15 is 0 Å². The van der Waals surface area contributed by atoms with Gasteiger partial charge in [0.15, 0.2) is 7.05 Å². The van der Waals surface area contributed by atoms with E-state index in [1.54, 1.807) is 21.0 Å². The summed E-state index contributed by atoms with van der Waals surface area (Å²) in [5, 5.41) is 6.75. The molecule has 2 N–H and O–H groups in total. The van der Waals surface area contributed by atoms with Gasteiger partial charge in [-0.2, -0.15) is 0 Å². The van der Waals surface area contributed by atoms with E-state index in [1.807, 2.05) is 0 Å². The van der Waals surface area contributed by atoms with Crippen LogP contribution in [0.4, 0.5) is 5.95 Å². The van der Waals surface area contributed by atoms with E-state index in [0.717, 1.165) is 0 Å². The fourth-order valence-electron chi connectivity index (χ4n) is 0.707. The minimum absolute atomic E-state index is 0.119. The van der Waals surface area contributed by atoms with Crippen molar-refractivity contribution in [1.82, 2.24) is 10.1 Å². The summed E-state index contributed by atoms with van der Waals surface area (Å²) < 4.78 is 1.53. The first-order chi connectivity index (χ1) is 5.15. The summed E-state index contributed by atoms with van der Waals surface area (Å²) >= 11 is 0. The van der Waals surface area contributed by atoms with Gasteiger partial charge in [-0.15, -0.1) is 0 Å². The molecule has 0 atom stereocenters. The average Bonchev–Trinajstić information content (AvgIpc) is 1.99. The van der Waals surface area contributed by atoms with Crippen LogP contribution in [0.5, 0.6) is 0 Å². The summed E-state index contributed by atoms with van der Waals surface area (Å²) in [5.74, 6) is 0.475. The number of rotatable bonds is 1. The summed E-state index contributed by atoms with van der Waals surface area (Å²) in [5.41, 5.74) is 0.468. The minimum atomic E-state index is -0.119. The van der Waals surface area contributed by atoms with Crippen LogP contribution in [0.2, 0.25) is 0 Å². The van der Waals surface area contributed by atoms with Gasteiger partial charge in [0.25, 0.3) is 11.6 Å². The summed E-state index contributed by atoms with van der Waals surface area (Å²) in [6.07, 6.45) is 0. The first-order valence-electron chi connectivity index (χ1n) is 3.30. The predicted molar refractivity (Wildman–Crippen MR) is 40.3 cm³/mol. The Balaban J connectivity index is 3.32. The highest BCUT2D eigenvalue weighted by atomic mass is 16.1. The summed E-state index contributed by atoms with van der Waals surface area (Å²) in [7, 11) is 3.43. The Morgan fingerprint density at radius 3 is 2.73 bits per heavy atom. The molecule has 5 heteroatoms. The number of nitrogens with zero attached hydrogens (tertiary/aromatic N) is 2. The second kappa shape index (κ2) is 2.69. The molecule has 0 bridgehead atoms. The van der Waals surface area contributed by atoms with E-state index in [1.165, 1.54) is 4.68 Å². The third-order valence-corrected chi connectivity index (χ3v) is 1.53. The number of aromatic amines is 1. The fourth-order valence-corrected chi connectivity index (χ4v) is 0.707. The molecule has 0 saturated carbocycles. The van der Waals surface area contributed by atoms with Crippen LogP contribution in [0, 0.1) is 6.92 Å². The van der Waals surface area contributed by atoms with Gasteiger partial charge in [0.05, 0.1) is 0 Å². The second-order valence-electron chi connectivity index (χ2n) is 2.26. The molecule has 0 unspecified atom stereocenters. The lowest BCUT2D eigenvalue weighted by molar-refractivity contribution is -0.736. The first-order valence-corrected chi connectivity index (χ1v) is 3.30. The molecular weight excluding hydrogens is 144 g/mol. The van der Waals surface area contributed by atoms with Crippen molar-refractivity contribution < 1.29 is 4.68 Å². The minimum Gasteiger partial charge on any atom is -0.354 e. The molecule has 0 fully saturated rings. The topological polar surface area (TPSA) is 61.7 Å². The van der Waals surface area contributed by atoms with Crippen molar-refractivity contribution in [1.29, 1.82) is 0 Å². The number of aryl methyl sites for hydroxylation is 1. The zero-order chi connectivity index (χ0) is 8.43. The molecule has 60 valence electrons. The van der Waals surface area contributed by atoms with Crippen molar-refractivity contribution in [3.63, 3.8) is 0 Å². The highest BCUT2D eigenvalue weighted by Gasteiger charge is 2.08. The van der Waals surface area contributed by atoms with Crippen molar-refractivity contribution in [2.45, 2.75) is 6.92 Å². The molecule has 0 aromatic carbocycles. The van der Waals surface area contributed by atoms with Crippen LogP contribution in [0.25, 0.3) is 0 Å². The standard InChI is InChI=1S/C6H10N4O/c1-4-5(11)8-6(7-2)9-10(4)3/h1-3H3,(H-,7,8,9,11)/p+1. The molecule has 1 aromatic heterocycles. The lowest BCUT2D eigenvalue weighted by Gasteiger charge is -1.94. The van der Waals surface area contributed by atoms with E-state index in [4.69, 9.17) is 0 Å². The van der Waals surface area contributed by atoms with E-state index in [0.29, 0.717) is 11.6 Å². The molecule has 0 spiro atoms. The molecule has 0 aliphatic carbocycles. The van der Waals surface area contributed by atoms with Gasteiger partial charge in [0, 0.05) is 19.1 Å². The van der Waals surface area contributed by atoms with E-state index < -0.39 is 0 Å². The van der Waals surface area contributed by atoms with Gasteiger partial charge in [-0.05, 0) is 0 Å². The molecule has 0 amide bonds. The van der Waals surface area contributed by atoms with Crippen molar-refractivity contribution in [3.8, 4) is 0 Å². The average molecular weight is 155 g/mol. The molecule has 1 heterocycles. The number of H-pyrrole nitrogens is 1. The van der Waals surface area contributed by atoms with Crippen molar-refractivity contribution in [2.24, 2.45) is 7.05 Å².